The first-order chi connectivity index (χ1) is 9.38. The van der Waals surface area contributed by atoms with Crippen molar-refractivity contribution in [3.05, 3.63) is 41.6 Å². The summed E-state index contributed by atoms with van der Waals surface area (Å²) in [5.41, 5.74) is 1.86. The Morgan fingerprint density at radius 2 is 2.00 bits per heavy atom. The molecule has 0 radical (unpaired) electrons. The van der Waals surface area contributed by atoms with Crippen molar-refractivity contribution in [1.82, 2.24) is 4.98 Å². The molecule has 20 heavy (non-hydrogen) atoms. The molecule has 1 aliphatic heterocycles. The summed E-state index contributed by atoms with van der Waals surface area (Å²) in [6, 6.07) is 10.1. The third-order valence-electron chi connectivity index (χ3n) is 4.09. The minimum Gasteiger partial charge on any atom is -0.385 e. The summed E-state index contributed by atoms with van der Waals surface area (Å²) in [4.78, 5) is 4.51. The zero-order valence-corrected chi connectivity index (χ0v) is 12.3. The van der Waals surface area contributed by atoms with Crippen molar-refractivity contribution in [2.24, 2.45) is 0 Å². The molecule has 106 valence electrons. The van der Waals surface area contributed by atoms with Crippen LogP contribution in [0.25, 0.3) is 10.9 Å². The normalized spacial score (nSPS) is 25.8. The van der Waals surface area contributed by atoms with Crippen molar-refractivity contribution in [3.8, 4) is 0 Å². The number of aromatic nitrogens is 1. The standard InChI is InChI=1S/C17H21NO2/c1-12-4-5-13-10-14(6-7-15(13)18-12)17(19)8-9-20-16(2,3)11-17/h4-7,10,19H,8-9,11H2,1-3H3. The van der Waals surface area contributed by atoms with Gasteiger partial charge in [-0.1, -0.05) is 12.1 Å². The largest absolute Gasteiger partial charge is 0.385 e. The van der Waals surface area contributed by atoms with Crippen LogP contribution in [0.3, 0.4) is 0 Å². The SMILES string of the molecule is Cc1ccc2cc(C3(O)CCOC(C)(C)C3)ccc2n1. The predicted octanol–water partition coefficient (Wildman–Crippen LogP) is 3.32. The number of hydrogen-bond donors (Lipinski definition) is 1. The number of aryl methyl sites for hydroxylation is 1. The van der Waals surface area contributed by atoms with Crippen LogP contribution in [-0.2, 0) is 10.3 Å². The minimum absolute atomic E-state index is 0.284. The van der Waals surface area contributed by atoms with Gasteiger partial charge >= 0.3 is 0 Å². The van der Waals surface area contributed by atoms with Crippen LogP contribution in [0, 0.1) is 6.92 Å². The third kappa shape index (κ3) is 2.43. The van der Waals surface area contributed by atoms with Crippen LogP contribution in [-0.4, -0.2) is 22.3 Å². The number of nitrogens with zero attached hydrogens (tertiary/aromatic N) is 1. The van der Waals surface area contributed by atoms with Gasteiger partial charge in [0.25, 0.3) is 0 Å². The van der Waals surface area contributed by atoms with Crippen molar-refractivity contribution < 1.29 is 9.84 Å². The van der Waals surface area contributed by atoms with E-state index in [9.17, 15) is 5.11 Å². The lowest BCUT2D eigenvalue weighted by molar-refractivity contribution is -0.148. The van der Waals surface area contributed by atoms with Gasteiger partial charge in [0.05, 0.1) is 23.3 Å². The molecule has 2 aromatic rings. The Labute approximate surface area is 119 Å². The van der Waals surface area contributed by atoms with E-state index < -0.39 is 5.60 Å². The average molecular weight is 271 g/mol. The highest BCUT2D eigenvalue weighted by molar-refractivity contribution is 5.79. The fourth-order valence-electron chi connectivity index (χ4n) is 3.10. The van der Waals surface area contributed by atoms with E-state index in [0.717, 1.165) is 22.2 Å². The number of ether oxygens (including phenoxy) is 1. The lowest BCUT2D eigenvalue weighted by Crippen LogP contribution is -2.43. The Morgan fingerprint density at radius 3 is 2.75 bits per heavy atom. The van der Waals surface area contributed by atoms with Gasteiger partial charge in [-0.15, -0.1) is 0 Å². The van der Waals surface area contributed by atoms with Crippen molar-refractivity contribution in [1.29, 1.82) is 0 Å². The van der Waals surface area contributed by atoms with E-state index in [1.807, 2.05) is 39.0 Å². The number of benzene rings is 1. The average Bonchev–Trinajstić information content (AvgIpc) is 2.36. The second kappa shape index (κ2) is 4.54. The Bertz CT molecular complexity index is 650. The molecule has 1 aromatic heterocycles. The Hall–Kier alpha value is -1.45. The molecule has 1 saturated heterocycles. The summed E-state index contributed by atoms with van der Waals surface area (Å²) < 4.78 is 5.71. The quantitative estimate of drug-likeness (QED) is 0.865. The van der Waals surface area contributed by atoms with Gasteiger partial charge in [0.2, 0.25) is 0 Å². The van der Waals surface area contributed by atoms with Gasteiger partial charge in [-0.2, -0.15) is 0 Å². The van der Waals surface area contributed by atoms with E-state index in [1.165, 1.54) is 0 Å². The lowest BCUT2D eigenvalue weighted by atomic mass is 9.79. The zero-order valence-electron chi connectivity index (χ0n) is 12.3. The molecule has 3 nitrogen and oxygen atoms in total. The molecule has 0 amide bonds. The Balaban J connectivity index is 2.03. The Morgan fingerprint density at radius 1 is 1.20 bits per heavy atom. The molecule has 1 fully saturated rings. The predicted molar refractivity (Wildman–Crippen MR) is 79.6 cm³/mol. The highest BCUT2D eigenvalue weighted by Gasteiger charge is 2.40. The van der Waals surface area contributed by atoms with E-state index in [4.69, 9.17) is 4.74 Å². The van der Waals surface area contributed by atoms with Crippen LogP contribution < -0.4 is 0 Å². The van der Waals surface area contributed by atoms with Crippen molar-refractivity contribution in [2.75, 3.05) is 6.61 Å². The van der Waals surface area contributed by atoms with Gasteiger partial charge in [-0.05, 0) is 44.5 Å². The molecule has 0 spiro atoms. The summed E-state index contributed by atoms with van der Waals surface area (Å²) in [6.45, 7) is 6.64. The first-order valence-electron chi connectivity index (χ1n) is 7.12. The molecular weight excluding hydrogens is 250 g/mol. The lowest BCUT2D eigenvalue weighted by Gasteiger charge is -2.41. The zero-order chi connectivity index (χ0) is 14.4. The van der Waals surface area contributed by atoms with Crippen LogP contribution in [0.1, 0.15) is 37.9 Å². The molecule has 0 saturated carbocycles. The number of rotatable bonds is 1. The molecular formula is C17H21NO2. The molecule has 1 N–H and O–H groups in total. The fourth-order valence-corrected chi connectivity index (χ4v) is 3.10. The van der Waals surface area contributed by atoms with Crippen molar-refractivity contribution in [3.63, 3.8) is 0 Å². The monoisotopic (exact) mass is 271 g/mol. The topological polar surface area (TPSA) is 42.4 Å². The van der Waals surface area contributed by atoms with Crippen LogP contribution in [0.4, 0.5) is 0 Å². The highest BCUT2D eigenvalue weighted by Crippen LogP contribution is 2.39. The molecule has 1 aromatic carbocycles. The highest BCUT2D eigenvalue weighted by atomic mass is 16.5. The maximum absolute atomic E-state index is 11.0. The van der Waals surface area contributed by atoms with E-state index >= 15 is 0 Å². The van der Waals surface area contributed by atoms with E-state index in [-0.39, 0.29) is 5.60 Å². The molecule has 2 heterocycles. The van der Waals surface area contributed by atoms with Crippen LogP contribution in [0.2, 0.25) is 0 Å². The van der Waals surface area contributed by atoms with Gasteiger partial charge in [0, 0.05) is 23.9 Å². The number of hydrogen-bond acceptors (Lipinski definition) is 3. The van der Waals surface area contributed by atoms with E-state index in [0.29, 0.717) is 19.4 Å². The summed E-state index contributed by atoms with van der Waals surface area (Å²) >= 11 is 0. The smallest absolute Gasteiger partial charge is 0.0945 e. The number of fused-ring (bicyclic) bond motifs is 1. The third-order valence-corrected chi connectivity index (χ3v) is 4.09. The number of pyridine rings is 1. The van der Waals surface area contributed by atoms with Gasteiger partial charge < -0.3 is 9.84 Å². The van der Waals surface area contributed by atoms with Crippen molar-refractivity contribution >= 4 is 10.9 Å². The second-order valence-electron chi connectivity index (χ2n) is 6.43. The first-order valence-corrected chi connectivity index (χ1v) is 7.12. The summed E-state index contributed by atoms with van der Waals surface area (Å²) in [5, 5.41) is 12.1. The molecule has 1 aliphatic rings. The maximum Gasteiger partial charge on any atom is 0.0945 e. The van der Waals surface area contributed by atoms with Crippen LogP contribution in [0.5, 0.6) is 0 Å². The maximum atomic E-state index is 11.0. The van der Waals surface area contributed by atoms with Gasteiger partial charge in [0.15, 0.2) is 0 Å². The molecule has 0 aliphatic carbocycles. The van der Waals surface area contributed by atoms with Gasteiger partial charge in [-0.25, -0.2) is 0 Å². The minimum atomic E-state index is -0.805. The van der Waals surface area contributed by atoms with Crippen LogP contribution >= 0.6 is 0 Å². The molecule has 0 bridgehead atoms. The van der Waals surface area contributed by atoms with Gasteiger partial charge in [-0.3, -0.25) is 4.98 Å². The molecule has 1 unspecified atom stereocenters. The Kier molecular flexibility index (Phi) is 3.07. The van der Waals surface area contributed by atoms with Gasteiger partial charge in [0.1, 0.15) is 0 Å². The fraction of sp³-hybridized carbons (Fsp3) is 0.471. The summed E-state index contributed by atoms with van der Waals surface area (Å²) in [6.07, 6.45) is 1.26. The summed E-state index contributed by atoms with van der Waals surface area (Å²) in [5.74, 6) is 0. The van der Waals surface area contributed by atoms with Crippen LogP contribution in [0.15, 0.2) is 30.3 Å². The molecule has 1 atom stereocenters. The van der Waals surface area contributed by atoms with Crippen molar-refractivity contribution in [2.45, 2.75) is 44.8 Å². The second-order valence-corrected chi connectivity index (χ2v) is 6.43. The van der Waals surface area contributed by atoms with E-state index in [2.05, 4.69) is 17.1 Å². The molecule has 3 rings (SSSR count). The first kappa shape index (κ1) is 13.5. The summed E-state index contributed by atoms with van der Waals surface area (Å²) in [7, 11) is 0. The molecule has 3 heteroatoms. The van der Waals surface area contributed by atoms with E-state index in [1.54, 1.807) is 0 Å². The number of aliphatic hydroxyl groups is 1.